The van der Waals surface area contributed by atoms with Gasteiger partial charge in [0.15, 0.2) is 5.65 Å². The molecule has 0 bridgehead atoms. The Morgan fingerprint density at radius 3 is 2.96 bits per heavy atom. The molecule has 0 aliphatic carbocycles. The Balaban J connectivity index is 1.56. The van der Waals surface area contributed by atoms with E-state index >= 15 is 0 Å². The molecule has 4 rings (SSSR count). The van der Waals surface area contributed by atoms with Gasteiger partial charge in [-0.2, -0.15) is 0 Å². The number of rotatable bonds is 4. The lowest BCUT2D eigenvalue weighted by molar-refractivity contribution is -0.113. The molecule has 0 unspecified atom stereocenters. The maximum absolute atomic E-state index is 12.2. The van der Waals surface area contributed by atoms with Crippen LogP contribution in [0.4, 0.5) is 5.69 Å². The number of aromatic nitrogens is 4. The monoisotopic (exact) mass is 413 g/mol. The number of amides is 1. The second-order valence-electron chi connectivity index (χ2n) is 5.28. The molecule has 0 radical (unpaired) electrons. The second kappa shape index (κ2) is 6.81. The summed E-state index contributed by atoms with van der Waals surface area (Å²) in [4.78, 5) is 16.8. The van der Waals surface area contributed by atoms with Crippen molar-refractivity contribution in [1.29, 1.82) is 0 Å². The fourth-order valence-electron chi connectivity index (χ4n) is 2.47. The maximum Gasteiger partial charge on any atom is 0.234 e. The fourth-order valence-corrected chi connectivity index (χ4v) is 3.64. The Bertz CT molecular complexity index is 1080. The molecule has 25 heavy (non-hydrogen) atoms. The van der Waals surface area contributed by atoms with Gasteiger partial charge in [-0.25, -0.2) is 4.98 Å². The topological polar surface area (TPSA) is 72.2 Å². The smallest absolute Gasteiger partial charge is 0.234 e. The van der Waals surface area contributed by atoms with Crippen molar-refractivity contribution in [3.63, 3.8) is 0 Å². The van der Waals surface area contributed by atoms with Gasteiger partial charge < -0.3 is 5.32 Å². The molecule has 1 N–H and O–H groups in total. The van der Waals surface area contributed by atoms with Gasteiger partial charge in [-0.15, -0.1) is 10.2 Å². The Hall–Kier alpha value is -2.45. The van der Waals surface area contributed by atoms with Gasteiger partial charge in [0, 0.05) is 10.2 Å². The number of halogens is 1. The predicted octanol–water partition coefficient (Wildman–Crippen LogP) is 3.77. The van der Waals surface area contributed by atoms with E-state index in [1.807, 2.05) is 52.9 Å². The summed E-state index contributed by atoms with van der Waals surface area (Å²) in [5, 5.41) is 11.7. The SMILES string of the molecule is O=C(CSc1nc2ccccc2n2cnnc12)Nc1cccc(Br)c1. The molecule has 0 fully saturated rings. The molecular formula is C17H12BrN5OS. The molecule has 6 nitrogen and oxygen atoms in total. The number of nitrogens with zero attached hydrogens (tertiary/aromatic N) is 4. The number of carbonyl (C=O) groups excluding carboxylic acids is 1. The van der Waals surface area contributed by atoms with Crippen LogP contribution in [0.1, 0.15) is 0 Å². The van der Waals surface area contributed by atoms with Crippen molar-refractivity contribution in [2.75, 3.05) is 11.1 Å². The van der Waals surface area contributed by atoms with E-state index < -0.39 is 0 Å². The molecule has 0 spiro atoms. The van der Waals surface area contributed by atoms with Crippen molar-refractivity contribution in [2.24, 2.45) is 0 Å². The third-order valence-electron chi connectivity index (χ3n) is 3.55. The molecule has 8 heteroatoms. The van der Waals surface area contributed by atoms with Gasteiger partial charge >= 0.3 is 0 Å². The summed E-state index contributed by atoms with van der Waals surface area (Å²) in [6, 6.07) is 15.3. The van der Waals surface area contributed by atoms with Crippen molar-refractivity contribution in [3.05, 3.63) is 59.3 Å². The molecule has 0 aliphatic rings. The van der Waals surface area contributed by atoms with Crippen LogP contribution in [0.3, 0.4) is 0 Å². The van der Waals surface area contributed by atoms with Crippen LogP contribution in [0.5, 0.6) is 0 Å². The lowest BCUT2D eigenvalue weighted by Gasteiger charge is -2.07. The minimum absolute atomic E-state index is 0.101. The summed E-state index contributed by atoms with van der Waals surface area (Å²) < 4.78 is 2.80. The first-order valence-electron chi connectivity index (χ1n) is 7.47. The van der Waals surface area contributed by atoms with E-state index in [0.717, 1.165) is 21.2 Å². The minimum Gasteiger partial charge on any atom is -0.325 e. The normalized spacial score (nSPS) is 11.1. The number of anilines is 1. The highest BCUT2D eigenvalue weighted by molar-refractivity contribution is 9.10. The van der Waals surface area contributed by atoms with E-state index in [1.54, 1.807) is 6.33 Å². The summed E-state index contributed by atoms with van der Waals surface area (Å²) >= 11 is 4.73. The first-order chi connectivity index (χ1) is 12.2. The van der Waals surface area contributed by atoms with E-state index in [0.29, 0.717) is 10.7 Å². The molecule has 2 aromatic heterocycles. The zero-order valence-electron chi connectivity index (χ0n) is 12.9. The lowest BCUT2D eigenvalue weighted by Crippen LogP contribution is -2.14. The van der Waals surface area contributed by atoms with E-state index in [1.165, 1.54) is 11.8 Å². The molecule has 0 aliphatic heterocycles. The third-order valence-corrected chi connectivity index (χ3v) is 5.00. The summed E-state index contributed by atoms with van der Waals surface area (Å²) in [5.41, 5.74) is 3.17. The van der Waals surface area contributed by atoms with Gasteiger partial charge in [0.25, 0.3) is 0 Å². The average molecular weight is 414 g/mol. The highest BCUT2D eigenvalue weighted by Crippen LogP contribution is 2.24. The summed E-state index contributed by atoms with van der Waals surface area (Å²) in [7, 11) is 0. The Labute approximate surface area is 155 Å². The zero-order chi connectivity index (χ0) is 17.2. The van der Waals surface area contributed by atoms with Crippen LogP contribution in [-0.2, 0) is 4.79 Å². The lowest BCUT2D eigenvalue weighted by atomic mass is 10.3. The van der Waals surface area contributed by atoms with E-state index in [-0.39, 0.29) is 11.7 Å². The number of thioether (sulfide) groups is 1. The van der Waals surface area contributed by atoms with Gasteiger partial charge in [-0.05, 0) is 30.3 Å². The van der Waals surface area contributed by atoms with Crippen molar-refractivity contribution in [1.82, 2.24) is 19.6 Å². The Morgan fingerprint density at radius 2 is 2.08 bits per heavy atom. The number of hydrogen-bond donors (Lipinski definition) is 1. The number of nitrogens with one attached hydrogen (secondary N) is 1. The molecule has 0 atom stereocenters. The van der Waals surface area contributed by atoms with Crippen LogP contribution in [0, 0.1) is 0 Å². The summed E-state index contributed by atoms with van der Waals surface area (Å²) in [6.07, 6.45) is 1.66. The first kappa shape index (κ1) is 16.0. The van der Waals surface area contributed by atoms with Crippen LogP contribution >= 0.6 is 27.7 Å². The van der Waals surface area contributed by atoms with Crippen molar-refractivity contribution >= 4 is 56.0 Å². The summed E-state index contributed by atoms with van der Waals surface area (Å²) in [6.45, 7) is 0. The quantitative estimate of drug-likeness (QED) is 0.515. The van der Waals surface area contributed by atoms with Crippen LogP contribution in [0.25, 0.3) is 16.7 Å². The number of benzene rings is 2. The molecule has 124 valence electrons. The highest BCUT2D eigenvalue weighted by Gasteiger charge is 2.12. The molecule has 1 amide bonds. The van der Waals surface area contributed by atoms with E-state index in [2.05, 4.69) is 36.4 Å². The fraction of sp³-hybridized carbons (Fsp3) is 0.0588. The van der Waals surface area contributed by atoms with E-state index in [9.17, 15) is 4.79 Å². The van der Waals surface area contributed by atoms with Crippen molar-refractivity contribution in [2.45, 2.75) is 5.03 Å². The predicted molar refractivity (Wildman–Crippen MR) is 102 cm³/mol. The molecule has 2 aromatic carbocycles. The van der Waals surface area contributed by atoms with Gasteiger partial charge in [0.05, 0.1) is 16.8 Å². The standard InChI is InChI=1S/C17H12BrN5OS/c18-11-4-3-5-12(8-11)20-15(24)9-25-17-16-22-19-10-23(16)14-7-2-1-6-13(14)21-17/h1-8,10H,9H2,(H,20,24). The van der Waals surface area contributed by atoms with Crippen LogP contribution < -0.4 is 5.32 Å². The van der Waals surface area contributed by atoms with Gasteiger partial charge in [0.1, 0.15) is 11.4 Å². The average Bonchev–Trinajstić information content (AvgIpc) is 3.10. The van der Waals surface area contributed by atoms with Crippen LogP contribution in [0.15, 0.2) is 64.4 Å². The maximum atomic E-state index is 12.2. The Morgan fingerprint density at radius 1 is 1.20 bits per heavy atom. The molecule has 4 aromatic rings. The molecule has 2 heterocycles. The largest absolute Gasteiger partial charge is 0.325 e. The van der Waals surface area contributed by atoms with Gasteiger partial charge in [-0.1, -0.05) is 45.9 Å². The molecular weight excluding hydrogens is 402 g/mol. The van der Waals surface area contributed by atoms with E-state index in [4.69, 9.17) is 0 Å². The van der Waals surface area contributed by atoms with Gasteiger partial charge in [0.2, 0.25) is 5.91 Å². The first-order valence-corrected chi connectivity index (χ1v) is 9.25. The van der Waals surface area contributed by atoms with Crippen molar-refractivity contribution in [3.8, 4) is 0 Å². The second-order valence-corrected chi connectivity index (χ2v) is 7.16. The van der Waals surface area contributed by atoms with Gasteiger partial charge in [-0.3, -0.25) is 9.20 Å². The minimum atomic E-state index is -0.101. The summed E-state index contributed by atoms with van der Waals surface area (Å²) in [5.74, 6) is 0.135. The van der Waals surface area contributed by atoms with Crippen molar-refractivity contribution < 1.29 is 4.79 Å². The molecule has 0 saturated heterocycles. The molecule has 0 saturated carbocycles. The number of carbonyl (C=O) groups is 1. The number of fused-ring (bicyclic) bond motifs is 3. The van der Waals surface area contributed by atoms with Crippen LogP contribution in [-0.4, -0.2) is 31.2 Å². The highest BCUT2D eigenvalue weighted by atomic mass is 79.9. The zero-order valence-corrected chi connectivity index (χ0v) is 15.3. The Kier molecular flexibility index (Phi) is 4.37. The third kappa shape index (κ3) is 3.35. The number of para-hydroxylation sites is 2. The number of hydrogen-bond acceptors (Lipinski definition) is 5. The van der Waals surface area contributed by atoms with Crippen LogP contribution in [0.2, 0.25) is 0 Å².